The summed E-state index contributed by atoms with van der Waals surface area (Å²) in [5.41, 5.74) is 1.14. The van der Waals surface area contributed by atoms with E-state index in [9.17, 15) is 9.59 Å². The Labute approximate surface area is 269 Å². The summed E-state index contributed by atoms with van der Waals surface area (Å²) >= 11 is 8.17. The number of carbonyl (C=O) groups excluding carboxylic acids is 2. The lowest BCUT2D eigenvalue weighted by Gasteiger charge is -2.39. The van der Waals surface area contributed by atoms with Crippen LogP contribution in [0.15, 0.2) is 44.7 Å². The van der Waals surface area contributed by atoms with Crippen LogP contribution in [0.5, 0.6) is 0 Å². The van der Waals surface area contributed by atoms with Gasteiger partial charge in [0.25, 0.3) is 5.91 Å². The molecule has 8 atom stereocenters. The van der Waals surface area contributed by atoms with Crippen molar-refractivity contribution in [3.63, 3.8) is 0 Å². The second kappa shape index (κ2) is 20.7. The van der Waals surface area contributed by atoms with Crippen molar-refractivity contribution in [1.29, 1.82) is 0 Å². The van der Waals surface area contributed by atoms with Crippen LogP contribution in [0.4, 0.5) is 5.69 Å². The molecule has 0 N–H and O–H groups in total. The summed E-state index contributed by atoms with van der Waals surface area (Å²) in [6.45, 7) is 2.21. The van der Waals surface area contributed by atoms with Crippen LogP contribution in [0.1, 0.15) is 9.67 Å². The summed E-state index contributed by atoms with van der Waals surface area (Å²) in [5, 5.41) is 1.89. The average molecular weight is 890 g/mol. The minimum Gasteiger partial charge on any atom is -0.469 e. The van der Waals surface area contributed by atoms with E-state index in [2.05, 4.69) is 104 Å². The van der Waals surface area contributed by atoms with E-state index in [4.69, 9.17) is 0 Å². The molecule has 20 heteroatoms. The highest BCUT2D eigenvalue weighted by atomic mass is 79.9. The van der Waals surface area contributed by atoms with E-state index in [1.165, 1.54) is 18.4 Å². The van der Waals surface area contributed by atoms with Gasteiger partial charge in [-0.05, 0) is 80.5 Å². The van der Waals surface area contributed by atoms with Crippen LogP contribution in [-0.4, -0.2) is 51.1 Å². The first-order chi connectivity index (χ1) is 17.7. The van der Waals surface area contributed by atoms with Crippen molar-refractivity contribution in [3.05, 3.63) is 49.5 Å². The van der Waals surface area contributed by atoms with Crippen molar-refractivity contribution in [2.24, 2.45) is 5.92 Å². The number of hydrogen-bond donors (Lipinski definition) is 0. The molecule has 5 nitrogen and oxygen atoms in total. The summed E-state index contributed by atoms with van der Waals surface area (Å²) in [7, 11) is 25.9. The number of rotatable bonds is 7. The van der Waals surface area contributed by atoms with E-state index in [0.29, 0.717) is 0 Å². The third kappa shape index (κ3) is 13.8. The second-order valence-electron chi connectivity index (χ2n) is 7.63. The molecule has 2 heterocycles. The Morgan fingerprint density at radius 1 is 1.00 bits per heavy atom. The molecule has 1 fully saturated rings. The topological polar surface area (TPSA) is 49.9 Å². The fourth-order valence-electron chi connectivity index (χ4n) is 2.75. The quantitative estimate of drug-likeness (QED) is 0.205. The first kappa shape index (κ1) is 39.8. The third-order valence-corrected chi connectivity index (χ3v) is 73.6. The minimum atomic E-state index is -0.110. The maximum atomic E-state index is 11.3. The fourth-order valence-corrected chi connectivity index (χ4v) is 107. The Hall–Kier alpha value is 3.78. The summed E-state index contributed by atoms with van der Waals surface area (Å²) in [4.78, 5) is 27.0. The molecule has 0 radical (unpaired) electrons. The summed E-state index contributed by atoms with van der Waals surface area (Å²) in [6.07, 6.45) is 0. The minimum absolute atomic E-state index is 0.0361. The Kier molecular flexibility index (Phi) is 21.7. The van der Waals surface area contributed by atoms with Crippen molar-refractivity contribution < 1.29 is 14.3 Å². The molecule has 1 saturated heterocycles. The van der Waals surface area contributed by atoms with Crippen molar-refractivity contribution >= 4 is 158 Å². The molecule has 0 bridgehead atoms. The number of benzene rings is 1. The molecule has 0 aliphatic carbocycles. The number of ether oxygens (including phenoxy) is 1. The third-order valence-electron chi connectivity index (χ3n) is 4.64. The van der Waals surface area contributed by atoms with Gasteiger partial charge in [-0.2, -0.15) is 0 Å². The van der Waals surface area contributed by atoms with Gasteiger partial charge < -0.3 is 14.5 Å². The maximum absolute atomic E-state index is 11.3. The summed E-state index contributed by atoms with van der Waals surface area (Å²) < 4.78 is 6.62. The van der Waals surface area contributed by atoms with E-state index in [0.717, 1.165) is 32.6 Å². The van der Waals surface area contributed by atoms with Gasteiger partial charge in [0.2, 0.25) is 0 Å². The van der Waals surface area contributed by atoms with Crippen LogP contribution < -0.4 is 4.90 Å². The predicted molar refractivity (Wildman–Crippen MR) is 214 cm³/mol. The highest BCUT2D eigenvalue weighted by Gasteiger charge is 2.33. The van der Waals surface area contributed by atoms with Crippen LogP contribution in [0.25, 0.3) is 0 Å². The van der Waals surface area contributed by atoms with Crippen molar-refractivity contribution in [1.82, 2.24) is 4.90 Å². The smallest absolute Gasteiger partial charge is 0.312 e. The number of thiophene rings is 1. The Morgan fingerprint density at radius 3 is 1.95 bits per heavy atom. The molecule has 2 aromatic rings. The van der Waals surface area contributed by atoms with Crippen molar-refractivity contribution in [2.45, 2.75) is 0 Å². The van der Waals surface area contributed by atoms with E-state index in [1.54, 1.807) is 19.0 Å². The first-order valence-corrected chi connectivity index (χ1v) is 33.8. The Morgan fingerprint density at radius 2 is 1.58 bits per heavy atom. The molecule has 8 unspecified atom stereocenters. The molecule has 38 heavy (non-hydrogen) atoms. The summed E-state index contributed by atoms with van der Waals surface area (Å²) in [6, 6.07) is 9.94. The number of methoxy groups -OCH3 is 1. The largest absolute Gasteiger partial charge is 0.469 e. The van der Waals surface area contributed by atoms with Crippen LogP contribution in [0, 0.1) is 5.92 Å². The van der Waals surface area contributed by atoms with Crippen molar-refractivity contribution in [2.75, 3.05) is 39.2 Å². The van der Waals surface area contributed by atoms with Gasteiger partial charge in [0, 0.05) is 41.8 Å². The standard InChI is InChI=1S/C11H12BrNO2.C7H8BrNOS.H14P12/c1-15-11(14)8-6-13(7-8)10-4-2-3-9(12)5-10;1-9(2)7(10)6-5(8)3-4-11-6;1-8(2)11(7)12(9(3)4)10(5)6/h2-5,8H,6-7H2,1H3;3-4H,1-2H3;1-7H2. The molecular formula is C18H34Br2N2O3P12S. The molecular weight excluding hydrogens is 856 g/mol. The lowest BCUT2D eigenvalue weighted by molar-refractivity contribution is -0.146. The Balaban J connectivity index is 0.000000290. The predicted octanol–water partition coefficient (Wildman–Crippen LogP) is 10.9. The summed E-state index contributed by atoms with van der Waals surface area (Å²) in [5.74, 6) is -0.0258. The highest BCUT2D eigenvalue weighted by molar-refractivity contribution is 9.21. The molecule has 1 aliphatic rings. The van der Waals surface area contributed by atoms with E-state index in [1.807, 2.05) is 35.7 Å². The molecule has 1 aromatic carbocycles. The number of esters is 1. The number of nitrogens with zero attached hydrogens (tertiary/aromatic N) is 2. The SMILES string of the molecule is CN(C)C(=O)c1sccc1Br.COC(=O)C1CN(c2cccc(Br)c2)C1.PP(P)P(P)P(P(P)P)P(P)P. The van der Waals surface area contributed by atoms with Gasteiger partial charge in [-0.3, -0.25) is 9.59 Å². The monoisotopic (exact) mass is 888 g/mol. The van der Waals surface area contributed by atoms with Crippen molar-refractivity contribution in [3.8, 4) is 0 Å². The van der Waals surface area contributed by atoms with Gasteiger partial charge in [-0.15, -0.1) is 73.8 Å². The van der Waals surface area contributed by atoms with Crippen LogP contribution in [0.2, 0.25) is 0 Å². The van der Waals surface area contributed by atoms with Gasteiger partial charge in [-0.25, -0.2) is 0 Å². The molecule has 0 spiro atoms. The lowest BCUT2D eigenvalue weighted by Crippen LogP contribution is -2.50. The van der Waals surface area contributed by atoms with Crippen LogP contribution in [0.3, 0.4) is 0 Å². The van der Waals surface area contributed by atoms with Crippen LogP contribution >= 0.6 is 141 Å². The fraction of sp³-hybridized carbons (Fsp3) is 0.333. The molecule has 214 valence electrons. The number of halogens is 2. The molecule has 1 amide bonds. The normalized spacial score (nSPS) is 13.9. The van der Waals surface area contributed by atoms with Gasteiger partial charge >= 0.3 is 5.97 Å². The molecule has 0 saturated carbocycles. The van der Waals surface area contributed by atoms with E-state index in [-0.39, 0.29) is 52.7 Å². The molecule has 3 rings (SSSR count). The van der Waals surface area contributed by atoms with Gasteiger partial charge in [0.15, 0.2) is 0 Å². The second-order valence-corrected chi connectivity index (χ2v) is 55.3. The Bertz CT molecular complexity index is 1020. The first-order valence-electron chi connectivity index (χ1n) is 10.5. The molecule has 1 aliphatic heterocycles. The zero-order chi connectivity index (χ0) is 29.2. The zero-order valence-corrected chi connectivity index (χ0v) is 37.6. The number of hydrogen-bond acceptors (Lipinski definition) is 5. The van der Waals surface area contributed by atoms with E-state index >= 15 is 0 Å². The number of anilines is 1. The van der Waals surface area contributed by atoms with Gasteiger partial charge in [-0.1, -0.05) is 22.0 Å². The van der Waals surface area contributed by atoms with Crippen LogP contribution in [-0.2, 0) is 9.53 Å². The zero-order valence-electron chi connectivity index (χ0n) is 21.0. The highest BCUT2D eigenvalue weighted by Crippen LogP contribution is 3.16. The average Bonchev–Trinajstić information content (AvgIpc) is 3.23. The lowest BCUT2D eigenvalue weighted by atomic mass is 9.99. The number of amides is 1. The van der Waals surface area contributed by atoms with Gasteiger partial charge in [0.1, 0.15) is 4.88 Å². The maximum Gasteiger partial charge on any atom is 0.312 e. The van der Waals surface area contributed by atoms with Gasteiger partial charge in [0.05, 0.1) is 13.0 Å². The number of carbonyl (C=O) groups is 2. The molecule has 1 aromatic heterocycles. The van der Waals surface area contributed by atoms with E-state index < -0.39 is 0 Å².